The maximum atomic E-state index is 10.7. The summed E-state index contributed by atoms with van der Waals surface area (Å²) in [6, 6.07) is 9.82. The first-order valence-electron chi connectivity index (χ1n) is 6.28. The van der Waals surface area contributed by atoms with Crippen LogP contribution in [0, 0.1) is 17.0 Å². The van der Waals surface area contributed by atoms with E-state index in [2.05, 4.69) is 9.97 Å². The van der Waals surface area contributed by atoms with Gasteiger partial charge in [-0.2, -0.15) is 0 Å². The van der Waals surface area contributed by atoms with Crippen LogP contribution < -0.4 is 0 Å². The molecule has 0 radical (unpaired) electrons. The molecule has 104 valence electrons. The third-order valence-electron chi connectivity index (χ3n) is 3.08. The summed E-state index contributed by atoms with van der Waals surface area (Å²) in [5, 5.41) is 10.7. The number of aryl methyl sites for hydroxylation is 1. The molecule has 2 heterocycles. The van der Waals surface area contributed by atoms with E-state index in [1.54, 1.807) is 24.5 Å². The number of non-ortho nitro benzene ring substituents is 1. The first-order valence-corrected chi connectivity index (χ1v) is 6.28. The Hall–Kier alpha value is -3.02. The molecule has 0 aliphatic carbocycles. The SMILES string of the molecule is Cc1oc(-c2ccc([N+](=O)[O-])cc2)nc1-c1ccncc1. The predicted octanol–water partition coefficient (Wildman–Crippen LogP) is 3.62. The van der Waals surface area contributed by atoms with Crippen LogP contribution in [-0.2, 0) is 0 Å². The Bertz CT molecular complexity index is 780. The van der Waals surface area contributed by atoms with Crippen molar-refractivity contribution in [2.24, 2.45) is 0 Å². The fraction of sp³-hybridized carbons (Fsp3) is 0.0667. The topological polar surface area (TPSA) is 82.1 Å². The molecule has 1 aromatic carbocycles. The van der Waals surface area contributed by atoms with Crippen LogP contribution >= 0.6 is 0 Å². The van der Waals surface area contributed by atoms with Gasteiger partial charge in [0.05, 0.1) is 4.92 Å². The van der Waals surface area contributed by atoms with Crippen LogP contribution in [-0.4, -0.2) is 14.9 Å². The first kappa shape index (κ1) is 13.0. The minimum absolute atomic E-state index is 0.0383. The Balaban J connectivity index is 1.99. The third kappa shape index (κ3) is 2.51. The van der Waals surface area contributed by atoms with E-state index in [0.717, 1.165) is 11.3 Å². The van der Waals surface area contributed by atoms with Crippen LogP contribution in [0.5, 0.6) is 0 Å². The highest BCUT2D eigenvalue weighted by Gasteiger charge is 2.14. The minimum atomic E-state index is -0.438. The highest BCUT2D eigenvalue weighted by Crippen LogP contribution is 2.28. The van der Waals surface area contributed by atoms with Gasteiger partial charge in [0, 0.05) is 35.7 Å². The fourth-order valence-corrected chi connectivity index (χ4v) is 2.02. The summed E-state index contributed by atoms with van der Waals surface area (Å²) < 4.78 is 5.65. The summed E-state index contributed by atoms with van der Waals surface area (Å²) in [4.78, 5) is 18.6. The largest absolute Gasteiger partial charge is 0.441 e. The number of oxazole rings is 1. The van der Waals surface area contributed by atoms with Crippen molar-refractivity contribution < 1.29 is 9.34 Å². The molecule has 0 aliphatic heterocycles. The maximum Gasteiger partial charge on any atom is 0.269 e. The van der Waals surface area contributed by atoms with Gasteiger partial charge in [0.25, 0.3) is 5.69 Å². The van der Waals surface area contributed by atoms with E-state index in [9.17, 15) is 10.1 Å². The van der Waals surface area contributed by atoms with Crippen molar-refractivity contribution in [2.45, 2.75) is 6.92 Å². The molecule has 0 atom stereocenters. The highest BCUT2D eigenvalue weighted by molar-refractivity contribution is 5.65. The molecule has 6 nitrogen and oxygen atoms in total. The molecule has 21 heavy (non-hydrogen) atoms. The molecule has 0 bridgehead atoms. The van der Waals surface area contributed by atoms with E-state index in [1.165, 1.54) is 12.1 Å². The second-order valence-corrected chi connectivity index (χ2v) is 4.46. The molecule has 0 fully saturated rings. The van der Waals surface area contributed by atoms with Crippen LogP contribution in [0.15, 0.2) is 53.2 Å². The van der Waals surface area contributed by atoms with Gasteiger partial charge in [-0.15, -0.1) is 0 Å². The summed E-state index contributed by atoms with van der Waals surface area (Å²) in [6.07, 6.45) is 3.38. The molecule has 3 rings (SSSR count). The van der Waals surface area contributed by atoms with Crippen molar-refractivity contribution in [3.8, 4) is 22.7 Å². The van der Waals surface area contributed by atoms with Crippen LogP contribution in [0.25, 0.3) is 22.7 Å². The Kier molecular flexibility index (Phi) is 3.19. The number of hydrogen-bond donors (Lipinski definition) is 0. The second-order valence-electron chi connectivity index (χ2n) is 4.46. The Morgan fingerprint density at radius 2 is 1.71 bits per heavy atom. The third-order valence-corrected chi connectivity index (χ3v) is 3.08. The minimum Gasteiger partial charge on any atom is -0.441 e. The van der Waals surface area contributed by atoms with Gasteiger partial charge in [-0.3, -0.25) is 15.1 Å². The number of aromatic nitrogens is 2. The quantitative estimate of drug-likeness (QED) is 0.541. The molecule has 0 unspecified atom stereocenters. The van der Waals surface area contributed by atoms with E-state index in [4.69, 9.17) is 4.42 Å². The normalized spacial score (nSPS) is 10.5. The first-order chi connectivity index (χ1) is 10.1. The average Bonchev–Trinajstić information content (AvgIpc) is 2.90. The lowest BCUT2D eigenvalue weighted by Gasteiger charge is -1.95. The monoisotopic (exact) mass is 281 g/mol. The van der Waals surface area contributed by atoms with E-state index in [0.29, 0.717) is 17.2 Å². The van der Waals surface area contributed by atoms with Gasteiger partial charge in [-0.25, -0.2) is 4.98 Å². The van der Waals surface area contributed by atoms with Gasteiger partial charge in [0.15, 0.2) is 0 Å². The second kappa shape index (κ2) is 5.16. The molecule has 0 spiro atoms. The molecule has 3 aromatic rings. The Morgan fingerprint density at radius 3 is 2.33 bits per heavy atom. The molecule has 0 saturated carbocycles. The number of pyridine rings is 1. The molecular formula is C15H11N3O3. The van der Waals surface area contributed by atoms with Crippen molar-refractivity contribution in [1.82, 2.24) is 9.97 Å². The molecule has 2 aromatic heterocycles. The summed E-state index contributed by atoms with van der Waals surface area (Å²) in [5.74, 6) is 1.13. The lowest BCUT2D eigenvalue weighted by molar-refractivity contribution is -0.384. The molecule has 0 N–H and O–H groups in total. The summed E-state index contributed by atoms with van der Waals surface area (Å²) >= 11 is 0. The van der Waals surface area contributed by atoms with Crippen LogP contribution in [0.1, 0.15) is 5.76 Å². The molecule has 0 saturated heterocycles. The smallest absolute Gasteiger partial charge is 0.269 e. The van der Waals surface area contributed by atoms with E-state index in [1.807, 2.05) is 19.1 Å². The Morgan fingerprint density at radius 1 is 1.05 bits per heavy atom. The van der Waals surface area contributed by atoms with Crippen molar-refractivity contribution in [1.29, 1.82) is 0 Å². The van der Waals surface area contributed by atoms with Crippen molar-refractivity contribution >= 4 is 5.69 Å². The molecular weight excluding hydrogens is 270 g/mol. The van der Waals surface area contributed by atoms with Gasteiger partial charge in [0.1, 0.15) is 11.5 Å². The summed E-state index contributed by atoms with van der Waals surface area (Å²) in [6.45, 7) is 1.83. The number of nitrogens with zero attached hydrogens (tertiary/aromatic N) is 3. The number of rotatable bonds is 3. The molecule has 6 heteroatoms. The van der Waals surface area contributed by atoms with Gasteiger partial charge >= 0.3 is 0 Å². The lowest BCUT2D eigenvalue weighted by Crippen LogP contribution is -1.87. The zero-order valence-corrected chi connectivity index (χ0v) is 11.2. The number of hydrogen-bond acceptors (Lipinski definition) is 5. The molecule has 0 amide bonds. The Labute approximate surface area is 120 Å². The van der Waals surface area contributed by atoms with Gasteiger partial charge in [-0.05, 0) is 31.2 Å². The molecule has 0 aliphatic rings. The van der Waals surface area contributed by atoms with E-state index in [-0.39, 0.29) is 5.69 Å². The van der Waals surface area contributed by atoms with Gasteiger partial charge in [-0.1, -0.05) is 0 Å². The summed E-state index contributed by atoms with van der Waals surface area (Å²) in [5.41, 5.74) is 2.39. The van der Waals surface area contributed by atoms with E-state index < -0.39 is 4.92 Å². The van der Waals surface area contributed by atoms with Crippen LogP contribution in [0.3, 0.4) is 0 Å². The van der Waals surface area contributed by atoms with Crippen LogP contribution in [0.4, 0.5) is 5.69 Å². The zero-order chi connectivity index (χ0) is 14.8. The average molecular weight is 281 g/mol. The predicted molar refractivity (Wildman–Crippen MR) is 76.6 cm³/mol. The van der Waals surface area contributed by atoms with Crippen molar-refractivity contribution in [3.63, 3.8) is 0 Å². The number of nitro groups is 1. The number of benzene rings is 1. The maximum absolute atomic E-state index is 10.7. The van der Waals surface area contributed by atoms with Gasteiger partial charge in [0.2, 0.25) is 5.89 Å². The van der Waals surface area contributed by atoms with Crippen molar-refractivity contribution in [2.75, 3.05) is 0 Å². The van der Waals surface area contributed by atoms with Crippen molar-refractivity contribution in [3.05, 3.63) is 64.7 Å². The fourth-order valence-electron chi connectivity index (χ4n) is 2.02. The highest BCUT2D eigenvalue weighted by atomic mass is 16.6. The standard InChI is InChI=1S/C15H11N3O3/c1-10-14(11-6-8-16-9-7-11)17-15(21-10)12-2-4-13(5-3-12)18(19)20/h2-9H,1H3. The summed E-state index contributed by atoms with van der Waals surface area (Å²) in [7, 11) is 0. The zero-order valence-electron chi connectivity index (χ0n) is 11.2. The van der Waals surface area contributed by atoms with Gasteiger partial charge < -0.3 is 4.42 Å². The van der Waals surface area contributed by atoms with E-state index >= 15 is 0 Å². The number of nitro benzene ring substituents is 1. The van der Waals surface area contributed by atoms with Crippen LogP contribution in [0.2, 0.25) is 0 Å². The lowest BCUT2D eigenvalue weighted by atomic mass is 10.2.